The maximum Gasteiger partial charge on any atom is 0.271 e. The van der Waals surface area contributed by atoms with E-state index in [-0.39, 0.29) is 16.6 Å². The van der Waals surface area contributed by atoms with Gasteiger partial charge in [-0.15, -0.1) is 0 Å². The molecule has 176 valence electrons. The molecule has 2 heterocycles. The average molecular weight is 512 g/mol. The minimum Gasteiger partial charge on any atom is -0.368 e. The van der Waals surface area contributed by atoms with Crippen LogP contribution in [0.1, 0.15) is 66.8 Å². The van der Waals surface area contributed by atoms with E-state index in [4.69, 9.17) is 39.3 Å². The summed E-state index contributed by atoms with van der Waals surface area (Å²) >= 11 is 18.4. The molecule has 0 aliphatic heterocycles. The molecule has 1 aliphatic carbocycles. The standard InChI is InChI=1S/C22H25Cl3N6O2/c1-2-3-10-26-18-17(29-21(25)30-18)19(32)27-11-4-5-16-28-20(31-33-16)22(8-9-22)14-7-6-13(23)12-15(14)24/h6-7,12,26H,2-5,8-11H2,1H3,(H,27,32)(H,29,30). The molecule has 1 aliphatic rings. The minimum absolute atomic E-state index is 0.173. The van der Waals surface area contributed by atoms with Crippen molar-refractivity contribution < 1.29 is 9.32 Å². The number of unbranched alkanes of at least 4 members (excludes halogenated alkanes) is 1. The topological polar surface area (TPSA) is 109 Å². The number of imidazole rings is 1. The number of benzene rings is 1. The molecule has 0 spiro atoms. The van der Waals surface area contributed by atoms with E-state index in [9.17, 15) is 4.79 Å². The molecule has 8 nitrogen and oxygen atoms in total. The largest absolute Gasteiger partial charge is 0.368 e. The summed E-state index contributed by atoms with van der Waals surface area (Å²) in [6.45, 7) is 3.26. The van der Waals surface area contributed by atoms with Gasteiger partial charge in [-0.25, -0.2) is 4.98 Å². The van der Waals surface area contributed by atoms with E-state index < -0.39 is 0 Å². The molecule has 11 heteroatoms. The van der Waals surface area contributed by atoms with Crippen molar-refractivity contribution in [1.82, 2.24) is 25.4 Å². The third kappa shape index (κ3) is 5.45. The summed E-state index contributed by atoms with van der Waals surface area (Å²) in [5.41, 5.74) is 0.986. The molecule has 0 bridgehead atoms. The van der Waals surface area contributed by atoms with Crippen molar-refractivity contribution in [2.24, 2.45) is 0 Å². The number of aryl methyl sites for hydroxylation is 1. The van der Waals surface area contributed by atoms with Gasteiger partial charge in [-0.3, -0.25) is 4.79 Å². The van der Waals surface area contributed by atoms with E-state index in [0.717, 1.165) is 37.8 Å². The summed E-state index contributed by atoms with van der Waals surface area (Å²) in [6.07, 6.45) is 5.02. The zero-order chi connectivity index (χ0) is 23.4. The van der Waals surface area contributed by atoms with Gasteiger partial charge in [0, 0.05) is 29.6 Å². The number of hydrogen-bond donors (Lipinski definition) is 3. The predicted molar refractivity (Wildman–Crippen MR) is 128 cm³/mol. The number of nitrogens with zero attached hydrogens (tertiary/aromatic N) is 3. The zero-order valence-corrected chi connectivity index (χ0v) is 20.4. The number of carbonyl (C=O) groups is 1. The smallest absolute Gasteiger partial charge is 0.271 e. The summed E-state index contributed by atoms with van der Waals surface area (Å²) in [5.74, 6) is 1.36. The quantitative estimate of drug-likeness (QED) is 0.297. The summed E-state index contributed by atoms with van der Waals surface area (Å²) in [4.78, 5) is 24.1. The lowest BCUT2D eigenvalue weighted by Gasteiger charge is -2.13. The number of amides is 1. The fraction of sp³-hybridized carbons (Fsp3) is 0.455. The van der Waals surface area contributed by atoms with Crippen LogP contribution in [-0.2, 0) is 11.8 Å². The van der Waals surface area contributed by atoms with E-state index >= 15 is 0 Å². The molecule has 2 aromatic heterocycles. The number of carbonyl (C=O) groups excluding carboxylic acids is 1. The average Bonchev–Trinajstić information content (AvgIpc) is 3.27. The SMILES string of the molecule is CCCCNc1nc(Cl)[nH]c1C(=O)NCCCc1nc(C2(c3ccc(Cl)cc3Cl)CC2)no1. The van der Waals surface area contributed by atoms with E-state index in [1.54, 1.807) is 6.07 Å². The highest BCUT2D eigenvalue weighted by molar-refractivity contribution is 6.35. The second-order valence-electron chi connectivity index (χ2n) is 8.11. The number of aromatic amines is 1. The van der Waals surface area contributed by atoms with Gasteiger partial charge in [0.25, 0.3) is 5.91 Å². The Labute approximate surface area is 206 Å². The molecule has 0 saturated heterocycles. The molecule has 1 aromatic carbocycles. The van der Waals surface area contributed by atoms with Crippen LogP contribution >= 0.6 is 34.8 Å². The van der Waals surface area contributed by atoms with Crippen LogP contribution in [0.15, 0.2) is 22.7 Å². The lowest BCUT2D eigenvalue weighted by atomic mass is 9.95. The van der Waals surface area contributed by atoms with Crippen LogP contribution in [0.2, 0.25) is 15.3 Å². The van der Waals surface area contributed by atoms with Crippen molar-refractivity contribution in [3.63, 3.8) is 0 Å². The van der Waals surface area contributed by atoms with Crippen LogP contribution in [0.4, 0.5) is 5.82 Å². The number of halogens is 3. The highest BCUT2D eigenvalue weighted by Gasteiger charge is 2.51. The van der Waals surface area contributed by atoms with Crippen molar-refractivity contribution in [2.75, 3.05) is 18.4 Å². The number of rotatable bonds is 11. The van der Waals surface area contributed by atoms with Gasteiger partial charge in [0.15, 0.2) is 11.6 Å². The Morgan fingerprint density at radius 1 is 1.18 bits per heavy atom. The molecule has 0 unspecified atom stereocenters. The first-order valence-corrected chi connectivity index (χ1v) is 12.1. The van der Waals surface area contributed by atoms with Crippen LogP contribution in [0.3, 0.4) is 0 Å². The van der Waals surface area contributed by atoms with Crippen LogP contribution in [0.25, 0.3) is 0 Å². The number of nitrogens with one attached hydrogen (secondary N) is 3. The van der Waals surface area contributed by atoms with Crippen molar-refractivity contribution in [1.29, 1.82) is 0 Å². The van der Waals surface area contributed by atoms with Gasteiger partial charge in [-0.2, -0.15) is 4.98 Å². The summed E-state index contributed by atoms with van der Waals surface area (Å²) in [5, 5.41) is 11.6. The van der Waals surface area contributed by atoms with Crippen molar-refractivity contribution in [2.45, 2.75) is 50.9 Å². The Morgan fingerprint density at radius 2 is 2.00 bits per heavy atom. The Kier molecular flexibility index (Phi) is 7.46. The van der Waals surface area contributed by atoms with Crippen molar-refractivity contribution >= 4 is 46.5 Å². The van der Waals surface area contributed by atoms with E-state index in [1.807, 2.05) is 12.1 Å². The molecular formula is C22H25Cl3N6O2. The zero-order valence-electron chi connectivity index (χ0n) is 18.2. The van der Waals surface area contributed by atoms with Gasteiger partial charge in [-0.05, 0) is 55.0 Å². The van der Waals surface area contributed by atoms with Crippen molar-refractivity contribution in [3.8, 4) is 0 Å². The molecule has 1 saturated carbocycles. The maximum atomic E-state index is 12.5. The first-order chi connectivity index (χ1) is 15.9. The van der Waals surface area contributed by atoms with E-state index in [2.05, 4.69) is 37.7 Å². The number of hydrogen-bond acceptors (Lipinski definition) is 6. The van der Waals surface area contributed by atoms with E-state index in [0.29, 0.717) is 52.7 Å². The first-order valence-electron chi connectivity index (χ1n) is 11.0. The lowest BCUT2D eigenvalue weighted by molar-refractivity contribution is 0.0949. The van der Waals surface area contributed by atoms with Gasteiger partial charge in [0.2, 0.25) is 11.2 Å². The molecule has 0 atom stereocenters. The first kappa shape index (κ1) is 23.9. The number of H-pyrrole nitrogens is 1. The Hall–Kier alpha value is -2.29. The predicted octanol–water partition coefficient (Wildman–Crippen LogP) is 5.41. The fourth-order valence-corrected chi connectivity index (χ4v) is 4.49. The van der Waals surface area contributed by atoms with E-state index in [1.165, 1.54) is 0 Å². The summed E-state index contributed by atoms with van der Waals surface area (Å²) < 4.78 is 5.46. The highest BCUT2D eigenvalue weighted by Crippen LogP contribution is 2.54. The Bertz CT molecular complexity index is 1130. The Morgan fingerprint density at radius 3 is 2.73 bits per heavy atom. The molecule has 0 radical (unpaired) electrons. The van der Waals surface area contributed by atoms with Crippen LogP contribution < -0.4 is 10.6 Å². The molecule has 1 amide bonds. The Balaban J connectivity index is 1.30. The fourth-order valence-electron chi connectivity index (χ4n) is 3.72. The third-order valence-electron chi connectivity index (χ3n) is 5.67. The van der Waals surface area contributed by atoms with Crippen LogP contribution in [0, 0.1) is 0 Å². The second kappa shape index (κ2) is 10.3. The van der Waals surface area contributed by atoms with Gasteiger partial charge in [0.1, 0.15) is 5.69 Å². The lowest BCUT2D eigenvalue weighted by Crippen LogP contribution is -2.26. The van der Waals surface area contributed by atoms with Gasteiger partial charge < -0.3 is 20.1 Å². The van der Waals surface area contributed by atoms with Gasteiger partial charge in [-0.1, -0.05) is 47.8 Å². The normalized spacial score (nSPS) is 14.3. The highest BCUT2D eigenvalue weighted by atomic mass is 35.5. The second-order valence-corrected chi connectivity index (χ2v) is 9.31. The minimum atomic E-state index is -0.307. The number of anilines is 1. The number of aromatic nitrogens is 4. The molecular weight excluding hydrogens is 487 g/mol. The van der Waals surface area contributed by atoms with Crippen LogP contribution in [0.5, 0.6) is 0 Å². The molecule has 3 N–H and O–H groups in total. The van der Waals surface area contributed by atoms with Crippen LogP contribution in [-0.4, -0.2) is 39.1 Å². The monoisotopic (exact) mass is 510 g/mol. The molecule has 3 aromatic rings. The van der Waals surface area contributed by atoms with Gasteiger partial charge >= 0.3 is 0 Å². The maximum absolute atomic E-state index is 12.5. The third-order valence-corrected chi connectivity index (χ3v) is 6.40. The van der Waals surface area contributed by atoms with Gasteiger partial charge in [0.05, 0.1) is 5.41 Å². The molecule has 4 rings (SSSR count). The summed E-state index contributed by atoms with van der Waals surface area (Å²) in [6, 6.07) is 5.49. The summed E-state index contributed by atoms with van der Waals surface area (Å²) in [7, 11) is 0. The van der Waals surface area contributed by atoms with Crippen molar-refractivity contribution in [3.05, 3.63) is 56.5 Å². The molecule has 33 heavy (non-hydrogen) atoms. The molecule has 1 fully saturated rings.